The first-order chi connectivity index (χ1) is 13.0. The molecule has 27 heavy (non-hydrogen) atoms. The van der Waals surface area contributed by atoms with E-state index in [1.165, 1.54) is 12.1 Å². The Hall–Kier alpha value is -2.71. The molecule has 1 atom stereocenters. The number of nitrogens with one attached hydrogen (secondary N) is 2. The molecule has 1 aliphatic rings. The van der Waals surface area contributed by atoms with Gasteiger partial charge in [-0.3, -0.25) is 9.59 Å². The first-order valence-electron chi connectivity index (χ1n) is 8.65. The second kappa shape index (κ2) is 8.32. The van der Waals surface area contributed by atoms with Gasteiger partial charge in [0.1, 0.15) is 0 Å². The number of benzene rings is 2. The fourth-order valence-corrected chi connectivity index (χ4v) is 3.99. The molecule has 1 fully saturated rings. The first kappa shape index (κ1) is 19.1. The van der Waals surface area contributed by atoms with Crippen LogP contribution in [0.2, 0.25) is 0 Å². The number of sulfonamides is 1. The van der Waals surface area contributed by atoms with Crippen molar-refractivity contribution in [2.24, 2.45) is 5.92 Å². The Labute approximate surface area is 158 Å². The highest BCUT2D eigenvalue weighted by Gasteiger charge is 2.34. The van der Waals surface area contributed by atoms with Gasteiger partial charge < -0.3 is 10.2 Å². The Morgan fingerprint density at radius 1 is 1.00 bits per heavy atom. The summed E-state index contributed by atoms with van der Waals surface area (Å²) < 4.78 is 26.6. The lowest BCUT2D eigenvalue weighted by atomic mass is 10.1. The number of carbonyl (C=O) groups excluding carboxylic acids is 2. The summed E-state index contributed by atoms with van der Waals surface area (Å²) >= 11 is 0. The topological polar surface area (TPSA) is 95.6 Å². The van der Waals surface area contributed by atoms with Crippen molar-refractivity contribution in [2.45, 2.75) is 11.3 Å². The molecule has 7 nitrogen and oxygen atoms in total. The van der Waals surface area contributed by atoms with E-state index in [2.05, 4.69) is 10.0 Å². The van der Waals surface area contributed by atoms with Gasteiger partial charge in [0, 0.05) is 31.7 Å². The van der Waals surface area contributed by atoms with Crippen LogP contribution < -0.4 is 14.9 Å². The number of nitrogens with zero attached hydrogens (tertiary/aromatic N) is 1. The van der Waals surface area contributed by atoms with Crippen LogP contribution in [0.4, 0.5) is 5.69 Å². The molecule has 142 valence electrons. The lowest BCUT2D eigenvalue weighted by molar-refractivity contribution is -0.126. The van der Waals surface area contributed by atoms with Crippen LogP contribution in [0, 0.1) is 5.92 Å². The highest BCUT2D eigenvalue weighted by Crippen LogP contribution is 2.24. The maximum Gasteiger partial charge on any atom is 0.240 e. The molecule has 2 aromatic carbocycles. The molecule has 0 bridgehead atoms. The maximum absolute atomic E-state index is 12.3. The van der Waals surface area contributed by atoms with Crippen LogP contribution in [-0.4, -0.2) is 39.9 Å². The average Bonchev–Trinajstić information content (AvgIpc) is 3.08. The summed E-state index contributed by atoms with van der Waals surface area (Å²) in [5.41, 5.74) is 0.772. The van der Waals surface area contributed by atoms with Gasteiger partial charge in [0.15, 0.2) is 0 Å². The number of rotatable bonds is 7. The molecule has 0 radical (unpaired) electrons. The molecule has 0 unspecified atom stereocenters. The van der Waals surface area contributed by atoms with E-state index in [4.69, 9.17) is 0 Å². The Bertz CT molecular complexity index is 901. The minimum absolute atomic E-state index is 0.0754. The molecule has 2 aromatic rings. The van der Waals surface area contributed by atoms with Gasteiger partial charge in [-0.2, -0.15) is 0 Å². The summed E-state index contributed by atoms with van der Waals surface area (Å²) in [6.45, 7) is 0.553. The van der Waals surface area contributed by atoms with Crippen LogP contribution in [0.1, 0.15) is 6.42 Å². The largest absolute Gasteiger partial charge is 0.354 e. The number of hydrogen-bond donors (Lipinski definition) is 2. The van der Waals surface area contributed by atoms with Crippen molar-refractivity contribution in [2.75, 3.05) is 24.5 Å². The molecule has 1 aliphatic heterocycles. The molecule has 3 rings (SSSR count). The van der Waals surface area contributed by atoms with E-state index in [9.17, 15) is 18.0 Å². The fraction of sp³-hybridized carbons (Fsp3) is 0.263. The van der Waals surface area contributed by atoms with E-state index in [0.29, 0.717) is 6.54 Å². The van der Waals surface area contributed by atoms with Crippen LogP contribution in [0.15, 0.2) is 65.6 Å². The zero-order valence-electron chi connectivity index (χ0n) is 14.7. The Morgan fingerprint density at radius 3 is 2.30 bits per heavy atom. The van der Waals surface area contributed by atoms with Gasteiger partial charge >= 0.3 is 0 Å². The third-order valence-corrected chi connectivity index (χ3v) is 5.81. The monoisotopic (exact) mass is 387 g/mol. The number of amides is 2. The number of hydrogen-bond acceptors (Lipinski definition) is 4. The molecule has 8 heteroatoms. The fourth-order valence-electron chi connectivity index (χ4n) is 2.94. The molecule has 2 N–H and O–H groups in total. The minimum Gasteiger partial charge on any atom is -0.354 e. The molecule has 2 amide bonds. The number of carbonyl (C=O) groups is 2. The summed E-state index contributed by atoms with van der Waals surface area (Å²) in [6, 6.07) is 17.2. The van der Waals surface area contributed by atoms with Crippen molar-refractivity contribution in [3.8, 4) is 0 Å². The SMILES string of the molecule is O=C(NCCNS(=O)(=O)c1ccccc1)[C@H]1CC(=O)N(c2ccccc2)C1. The second-order valence-electron chi connectivity index (χ2n) is 6.24. The van der Waals surface area contributed by atoms with Crippen molar-refractivity contribution in [3.63, 3.8) is 0 Å². The van der Waals surface area contributed by atoms with Crippen LogP contribution in [0.25, 0.3) is 0 Å². The molecular formula is C19H21N3O4S. The zero-order valence-corrected chi connectivity index (χ0v) is 15.5. The molecule has 0 aromatic heterocycles. The third kappa shape index (κ3) is 4.72. The van der Waals surface area contributed by atoms with Gasteiger partial charge in [0.05, 0.1) is 10.8 Å². The van der Waals surface area contributed by atoms with Crippen molar-refractivity contribution in [1.82, 2.24) is 10.0 Å². The predicted molar refractivity (Wildman–Crippen MR) is 102 cm³/mol. The summed E-state index contributed by atoms with van der Waals surface area (Å²) in [5, 5.41) is 2.70. The molecule has 0 spiro atoms. The first-order valence-corrected chi connectivity index (χ1v) is 10.1. The molecule has 1 saturated heterocycles. The lowest BCUT2D eigenvalue weighted by Crippen LogP contribution is -2.38. The Kier molecular flexibility index (Phi) is 5.88. The average molecular weight is 387 g/mol. The van der Waals surface area contributed by atoms with E-state index in [0.717, 1.165) is 5.69 Å². The highest BCUT2D eigenvalue weighted by atomic mass is 32.2. The Balaban J connectivity index is 1.47. The van der Waals surface area contributed by atoms with Gasteiger partial charge in [0.25, 0.3) is 0 Å². The van der Waals surface area contributed by atoms with Crippen molar-refractivity contribution < 1.29 is 18.0 Å². The lowest BCUT2D eigenvalue weighted by Gasteiger charge is -2.16. The minimum atomic E-state index is -3.59. The predicted octanol–water partition coefficient (Wildman–Crippen LogP) is 1.13. The van der Waals surface area contributed by atoms with Crippen LogP contribution in [-0.2, 0) is 19.6 Å². The van der Waals surface area contributed by atoms with Gasteiger partial charge in [-0.15, -0.1) is 0 Å². The Morgan fingerprint density at radius 2 is 1.63 bits per heavy atom. The van der Waals surface area contributed by atoms with Crippen LogP contribution in [0.3, 0.4) is 0 Å². The van der Waals surface area contributed by atoms with Gasteiger partial charge in [-0.05, 0) is 24.3 Å². The number of para-hydroxylation sites is 1. The van der Waals surface area contributed by atoms with Crippen molar-refractivity contribution in [3.05, 3.63) is 60.7 Å². The van der Waals surface area contributed by atoms with Crippen LogP contribution >= 0.6 is 0 Å². The second-order valence-corrected chi connectivity index (χ2v) is 8.01. The van der Waals surface area contributed by atoms with E-state index in [1.807, 2.05) is 30.3 Å². The van der Waals surface area contributed by atoms with E-state index < -0.39 is 15.9 Å². The smallest absolute Gasteiger partial charge is 0.240 e. The normalized spacial score (nSPS) is 17.1. The van der Waals surface area contributed by atoms with E-state index in [-0.39, 0.29) is 36.2 Å². The van der Waals surface area contributed by atoms with E-state index in [1.54, 1.807) is 23.1 Å². The zero-order chi connectivity index (χ0) is 19.3. The van der Waals surface area contributed by atoms with Gasteiger partial charge in [-0.25, -0.2) is 13.1 Å². The highest BCUT2D eigenvalue weighted by molar-refractivity contribution is 7.89. The molecule has 0 aliphatic carbocycles. The van der Waals surface area contributed by atoms with Crippen molar-refractivity contribution >= 4 is 27.5 Å². The van der Waals surface area contributed by atoms with E-state index >= 15 is 0 Å². The molecular weight excluding hydrogens is 366 g/mol. The summed E-state index contributed by atoms with van der Waals surface area (Å²) in [7, 11) is -3.59. The summed E-state index contributed by atoms with van der Waals surface area (Å²) in [6.07, 6.45) is 0.149. The standard InChI is InChI=1S/C19H21N3O4S/c23-18-13-15(14-22(18)16-7-3-1-4-8-16)19(24)20-11-12-21-27(25,26)17-9-5-2-6-10-17/h1-10,15,21H,11-14H2,(H,20,24)/t15-/m0/s1. The maximum atomic E-state index is 12.3. The van der Waals surface area contributed by atoms with Crippen LogP contribution in [0.5, 0.6) is 0 Å². The van der Waals surface area contributed by atoms with Gasteiger partial charge in [-0.1, -0.05) is 36.4 Å². The van der Waals surface area contributed by atoms with Gasteiger partial charge in [0.2, 0.25) is 21.8 Å². The quantitative estimate of drug-likeness (QED) is 0.697. The summed E-state index contributed by atoms with van der Waals surface area (Å²) in [4.78, 5) is 26.2. The molecule has 1 heterocycles. The summed E-state index contributed by atoms with van der Waals surface area (Å²) in [5.74, 6) is -0.782. The number of anilines is 1. The van der Waals surface area contributed by atoms with Crippen molar-refractivity contribution in [1.29, 1.82) is 0 Å². The third-order valence-electron chi connectivity index (χ3n) is 4.33. The molecule has 0 saturated carbocycles.